The molecule has 2 nitrogen and oxygen atoms in total. The van der Waals surface area contributed by atoms with E-state index in [2.05, 4.69) is 6.92 Å². The number of ether oxygens (including phenoxy) is 1. The van der Waals surface area contributed by atoms with Crippen LogP contribution in [0.3, 0.4) is 0 Å². The van der Waals surface area contributed by atoms with E-state index in [9.17, 15) is 4.79 Å². The van der Waals surface area contributed by atoms with Crippen LogP contribution >= 0.6 is 0 Å². The lowest BCUT2D eigenvalue weighted by molar-refractivity contribution is 0.0601. The second kappa shape index (κ2) is 10.1. The van der Waals surface area contributed by atoms with Crippen LogP contribution in [0.15, 0.2) is 30.3 Å². The molecule has 4 rings (SSSR count). The van der Waals surface area contributed by atoms with E-state index in [1.54, 1.807) is 18.2 Å². The Morgan fingerprint density at radius 1 is 1.00 bits per heavy atom. The Morgan fingerprint density at radius 2 is 1.81 bits per heavy atom. The molecule has 2 aliphatic rings. The first kappa shape index (κ1) is 22.3. The number of halogens is 1. The van der Waals surface area contributed by atoms with Crippen molar-refractivity contribution in [2.45, 2.75) is 83.5 Å². The fourth-order valence-electron chi connectivity index (χ4n) is 6.26. The number of esters is 1. The van der Waals surface area contributed by atoms with Crippen LogP contribution in [0.2, 0.25) is 0 Å². The van der Waals surface area contributed by atoms with Gasteiger partial charge in [0.15, 0.2) is 0 Å². The first-order valence-corrected chi connectivity index (χ1v) is 12.4. The van der Waals surface area contributed by atoms with Gasteiger partial charge in [-0.2, -0.15) is 0 Å². The summed E-state index contributed by atoms with van der Waals surface area (Å²) in [7, 11) is 1.37. The minimum Gasteiger partial charge on any atom is -0.465 e. The highest BCUT2D eigenvalue weighted by Gasteiger charge is 2.36. The van der Waals surface area contributed by atoms with E-state index in [4.69, 9.17) is 4.74 Å². The lowest BCUT2D eigenvalue weighted by atomic mass is 9.63. The molecule has 2 unspecified atom stereocenters. The van der Waals surface area contributed by atoms with Crippen molar-refractivity contribution in [3.05, 3.63) is 47.3 Å². The van der Waals surface area contributed by atoms with Crippen LogP contribution in [0.1, 0.15) is 99.4 Å². The molecule has 2 aromatic rings. The molecule has 2 aromatic carbocycles. The molecule has 0 N–H and O–H groups in total. The van der Waals surface area contributed by atoms with Crippen LogP contribution in [0, 0.1) is 23.6 Å². The fraction of sp³-hybridized carbons (Fsp3) is 0.607. The van der Waals surface area contributed by atoms with Crippen molar-refractivity contribution >= 4 is 16.7 Å². The molecule has 2 fully saturated rings. The Morgan fingerprint density at radius 3 is 2.61 bits per heavy atom. The maximum atomic E-state index is 15.4. The maximum Gasteiger partial charge on any atom is 0.337 e. The van der Waals surface area contributed by atoms with Gasteiger partial charge in [0.25, 0.3) is 0 Å². The standard InChI is InChI=1S/C28H37FO2/c1-3-4-5-6-7-19-8-9-21-17-22(11-10-20(21)16-19)25-14-12-23-18-24(28(30)31-2)13-15-26(23)27(25)29/h12-15,18-22H,3-11,16-17H2,1-2H3/t19?,20-,21+,22?/m0/s1. The normalized spacial score (nSPS) is 25.9. The Balaban J connectivity index is 1.41. The Kier molecular flexibility index (Phi) is 7.30. The summed E-state index contributed by atoms with van der Waals surface area (Å²) in [5.74, 6) is 2.39. The van der Waals surface area contributed by atoms with Crippen LogP contribution in [0.5, 0.6) is 0 Å². The molecular weight excluding hydrogens is 387 g/mol. The van der Waals surface area contributed by atoms with Crippen LogP contribution in [-0.4, -0.2) is 13.1 Å². The van der Waals surface area contributed by atoms with Gasteiger partial charge in [0.2, 0.25) is 0 Å². The number of fused-ring (bicyclic) bond motifs is 2. The van der Waals surface area contributed by atoms with Crippen molar-refractivity contribution in [3.63, 3.8) is 0 Å². The first-order valence-electron chi connectivity index (χ1n) is 12.4. The number of carbonyl (C=O) groups is 1. The van der Waals surface area contributed by atoms with Gasteiger partial charge in [-0.25, -0.2) is 9.18 Å². The molecule has 0 radical (unpaired) electrons. The molecule has 0 spiro atoms. The topological polar surface area (TPSA) is 26.3 Å². The summed E-state index contributed by atoms with van der Waals surface area (Å²) in [4.78, 5) is 11.8. The van der Waals surface area contributed by atoms with Crippen molar-refractivity contribution in [1.29, 1.82) is 0 Å². The molecule has 4 atom stereocenters. The molecule has 0 amide bonds. The van der Waals surface area contributed by atoms with Gasteiger partial charge in [0, 0.05) is 5.39 Å². The van der Waals surface area contributed by atoms with Gasteiger partial charge in [-0.3, -0.25) is 0 Å². The summed E-state index contributed by atoms with van der Waals surface area (Å²) in [5, 5.41) is 1.38. The van der Waals surface area contributed by atoms with E-state index in [0.717, 1.165) is 41.5 Å². The molecule has 0 aliphatic heterocycles. The van der Waals surface area contributed by atoms with Crippen molar-refractivity contribution in [2.75, 3.05) is 7.11 Å². The quantitative estimate of drug-likeness (QED) is 0.332. The first-order chi connectivity index (χ1) is 15.1. The number of carbonyl (C=O) groups excluding carboxylic acids is 1. The predicted molar refractivity (Wildman–Crippen MR) is 125 cm³/mol. The number of rotatable bonds is 7. The van der Waals surface area contributed by atoms with Crippen LogP contribution < -0.4 is 0 Å². The highest BCUT2D eigenvalue weighted by Crippen LogP contribution is 2.49. The smallest absolute Gasteiger partial charge is 0.337 e. The van der Waals surface area contributed by atoms with Crippen molar-refractivity contribution in [1.82, 2.24) is 0 Å². The molecule has 3 heteroatoms. The van der Waals surface area contributed by atoms with Gasteiger partial charge in [-0.1, -0.05) is 63.6 Å². The number of methoxy groups -OCH3 is 1. The van der Waals surface area contributed by atoms with Gasteiger partial charge in [-0.05, 0) is 78.9 Å². The van der Waals surface area contributed by atoms with Crippen LogP contribution in [0.25, 0.3) is 10.8 Å². The van der Waals surface area contributed by atoms with E-state index in [-0.39, 0.29) is 11.8 Å². The Hall–Kier alpha value is -1.90. The monoisotopic (exact) mass is 424 g/mol. The van der Waals surface area contributed by atoms with E-state index in [0.29, 0.717) is 16.9 Å². The lowest BCUT2D eigenvalue weighted by Crippen LogP contribution is -2.30. The van der Waals surface area contributed by atoms with E-state index in [1.165, 1.54) is 64.9 Å². The van der Waals surface area contributed by atoms with Gasteiger partial charge >= 0.3 is 5.97 Å². The summed E-state index contributed by atoms with van der Waals surface area (Å²) >= 11 is 0. The summed E-state index contributed by atoms with van der Waals surface area (Å²) in [6.07, 6.45) is 14.5. The highest BCUT2D eigenvalue weighted by atomic mass is 19.1. The third-order valence-electron chi connectivity index (χ3n) is 8.03. The van der Waals surface area contributed by atoms with Crippen LogP contribution in [-0.2, 0) is 4.74 Å². The molecular formula is C28H37FO2. The Bertz CT molecular complexity index is 905. The summed E-state index contributed by atoms with van der Waals surface area (Å²) in [6, 6.07) is 9.06. The van der Waals surface area contributed by atoms with Gasteiger partial charge in [-0.15, -0.1) is 0 Å². The molecule has 0 saturated heterocycles. The zero-order valence-electron chi connectivity index (χ0n) is 19.2. The largest absolute Gasteiger partial charge is 0.465 e. The zero-order chi connectivity index (χ0) is 21.8. The lowest BCUT2D eigenvalue weighted by Gasteiger charge is -2.42. The fourth-order valence-corrected chi connectivity index (χ4v) is 6.26. The van der Waals surface area contributed by atoms with Gasteiger partial charge < -0.3 is 4.74 Å². The number of hydrogen-bond donors (Lipinski definition) is 0. The summed E-state index contributed by atoms with van der Waals surface area (Å²) < 4.78 is 20.2. The minimum absolute atomic E-state index is 0.0954. The minimum atomic E-state index is -0.384. The van der Waals surface area contributed by atoms with Gasteiger partial charge in [0.05, 0.1) is 12.7 Å². The number of unbranched alkanes of at least 4 members (excludes halogenated alkanes) is 3. The van der Waals surface area contributed by atoms with E-state index < -0.39 is 0 Å². The molecule has 0 aromatic heterocycles. The average molecular weight is 425 g/mol. The van der Waals surface area contributed by atoms with E-state index in [1.807, 2.05) is 12.1 Å². The zero-order valence-corrected chi connectivity index (χ0v) is 19.2. The second-order valence-corrected chi connectivity index (χ2v) is 9.95. The van der Waals surface area contributed by atoms with Crippen molar-refractivity contribution < 1.29 is 13.9 Å². The number of benzene rings is 2. The molecule has 2 aliphatic carbocycles. The summed E-state index contributed by atoms with van der Waals surface area (Å²) in [6.45, 7) is 2.28. The average Bonchev–Trinajstić information content (AvgIpc) is 2.81. The molecule has 0 heterocycles. The summed E-state index contributed by atoms with van der Waals surface area (Å²) in [5.41, 5.74) is 1.34. The maximum absolute atomic E-state index is 15.4. The van der Waals surface area contributed by atoms with Crippen molar-refractivity contribution in [2.24, 2.45) is 17.8 Å². The van der Waals surface area contributed by atoms with E-state index >= 15 is 4.39 Å². The molecule has 0 bridgehead atoms. The predicted octanol–water partition coefficient (Wildman–Crippen LogP) is 8.04. The number of hydrogen-bond acceptors (Lipinski definition) is 2. The molecule has 168 valence electrons. The third kappa shape index (κ3) is 4.96. The molecule has 31 heavy (non-hydrogen) atoms. The second-order valence-electron chi connectivity index (χ2n) is 9.95. The van der Waals surface area contributed by atoms with Gasteiger partial charge in [0.1, 0.15) is 5.82 Å². The Labute approximate surface area is 186 Å². The van der Waals surface area contributed by atoms with Crippen molar-refractivity contribution in [3.8, 4) is 0 Å². The SMILES string of the molecule is CCCCCCC1CC[C@@H]2CC(c3ccc4cc(C(=O)OC)ccc4c3F)CC[C@H]2C1. The molecule has 2 saturated carbocycles. The van der Waals surface area contributed by atoms with Crippen LogP contribution in [0.4, 0.5) is 4.39 Å². The third-order valence-corrected chi connectivity index (χ3v) is 8.03. The highest BCUT2D eigenvalue weighted by molar-refractivity contribution is 5.95.